The predicted molar refractivity (Wildman–Crippen MR) is 98.9 cm³/mol. The van der Waals surface area contributed by atoms with Crippen LogP contribution in [-0.4, -0.2) is 15.9 Å². The number of rotatable bonds is 3. The van der Waals surface area contributed by atoms with E-state index < -0.39 is 0 Å². The van der Waals surface area contributed by atoms with Crippen LogP contribution in [0, 0.1) is 0 Å². The second kappa shape index (κ2) is 6.09. The lowest BCUT2D eigenvalue weighted by atomic mass is 10.1. The van der Waals surface area contributed by atoms with Crippen LogP contribution in [-0.2, 0) is 6.54 Å². The number of fused-ring (bicyclic) bond motifs is 2. The molecule has 0 aliphatic rings. The van der Waals surface area contributed by atoms with E-state index >= 15 is 0 Å². The lowest BCUT2D eigenvalue weighted by Crippen LogP contribution is -2.22. The summed E-state index contributed by atoms with van der Waals surface area (Å²) in [6, 6.07) is 17.4. The molecule has 0 bridgehead atoms. The third-order valence-electron chi connectivity index (χ3n) is 3.94. The van der Waals surface area contributed by atoms with Crippen molar-refractivity contribution < 1.29 is 4.79 Å². The molecule has 0 aliphatic carbocycles. The summed E-state index contributed by atoms with van der Waals surface area (Å²) in [6.45, 7) is 0.455. The zero-order valence-corrected chi connectivity index (χ0v) is 14.3. The fraction of sp³-hybridized carbons (Fsp3) is 0.0526. The van der Waals surface area contributed by atoms with Crippen LogP contribution >= 0.6 is 15.9 Å². The molecule has 1 amide bonds. The van der Waals surface area contributed by atoms with Gasteiger partial charge in [-0.2, -0.15) is 0 Å². The lowest BCUT2D eigenvalue weighted by Gasteiger charge is -2.05. The number of hydrogen-bond acceptors (Lipinski definition) is 2. The van der Waals surface area contributed by atoms with Gasteiger partial charge in [0.15, 0.2) is 0 Å². The Kier molecular flexibility index (Phi) is 3.78. The number of benzene rings is 2. The monoisotopic (exact) mass is 379 g/mol. The number of carbonyl (C=O) groups is 1. The predicted octanol–water partition coefficient (Wildman–Crippen LogP) is 4.41. The molecule has 5 heteroatoms. The van der Waals surface area contributed by atoms with Crippen LogP contribution in [0.3, 0.4) is 0 Å². The van der Waals surface area contributed by atoms with Crippen LogP contribution in [0.4, 0.5) is 0 Å². The molecule has 0 saturated heterocycles. The number of carbonyl (C=O) groups excluding carboxylic acids is 1. The molecule has 0 spiro atoms. The van der Waals surface area contributed by atoms with E-state index in [1.165, 1.54) is 0 Å². The van der Waals surface area contributed by atoms with Gasteiger partial charge in [0.25, 0.3) is 5.91 Å². The van der Waals surface area contributed by atoms with Gasteiger partial charge in [0, 0.05) is 38.2 Å². The topological polar surface area (TPSA) is 57.8 Å². The van der Waals surface area contributed by atoms with Gasteiger partial charge in [-0.05, 0) is 48.5 Å². The second-order valence-electron chi connectivity index (χ2n) is 5.62. The molecule has 118 valence electrons. The minimum absolute atomic E-state index is 0.0967. The smallest absolute Gasteiger partial charge is 0.251 e. The van der Waals surface area contributed by atoms with E-state index in [1.807, 2.05) is 48.5 Å². The van der Waals surface area contributed by atoms with Crippen molar-refractivity contribution in [2.75, 3.05) is 0 Å². The Morgan fingerprint density at radius 3 is 2.92 bits per heavy atom. The summed E-state index contributed by atoms with van der Waals surface area (Å²) in [5.41, 5.74) is 3.54. The van der Waals surface area contributed by atoms with Crippen molar-refractivity contribution in [2.45, 2.75) is 6.54 Å². The first kappa shape index (κ1) is 14.9. The van der Waals surface area contributed by atoms with E-state index in [2.05, 4.69) is 31.2 Å². The maximum absolute atomic E-state index is 12.4. The number of nitrogens with one attached hydrogen (secondary N) is 2. The molecule has 0 fully saturated rings. The summed E-state index contributed by atoms with van der Waals surface area (Å²) in [5, 5.41) is 5.03. The van der Waals surface area contributed by atoms with Gasteiger partial charge in [-0.3, -0.25) is 9.78 Å². The summed E-state index contributed by atoms with van der Waals surface area (Å²) in [5.74, 6) is -0.0967. The van der Waals surface area contributed by atoms with Crippen molar-refractivity contribution in [3.63, 3.8) is 0 Å². The average molecular weight is 380 g/mol. The first-order chi connectivity index (χ1) is 11.7. The molecule has 2 aromatic heterocycles. The molecular formula is C19H14BrN3O. The molecule has 0 aliphatic heterocycles. The highest BCUT2D eigenvalue weighted by atomic mass is 79.9. The number of aromatic amines is 1. The highest BCUT2D eigenvalue weighted by Crippen LogP contribution is 2.20. The van der Waals surface area contributed by atoms with E-state index in [0.717, 1.165) is 32.0 Å². The third-order valence-corrected chi connectivity index (χ3v) is 4.44. The zero-order valence-electron chi connectivity index (χ0n) is 12.7. The lowest BCUT2D eigenvalue weighted by molar-refractivity contribution is 0.0950. The molecule has 0 unspecified atom stereocenters. The molecule has 4 aromatic rings. The number of halogens is 1. The normalized spacial score (nSPS) is 11.0. The van der Waals surface area contributed by atoms with Gasteiger partial charge in [0.1, 0.15) is 0 Å². The van der Waals surface area contributed by atoms with Crippen molar-refractivity contribution in [1.82, 2.24) is 15.3 Å². The van der Waals surface area contributed by atoms with Gasteiger partial charge in [-0.1, -0.05) is 22.0 Å². The van der Waals surface area contributed by atoms with Crippen LogP contribution < -0.4 is 5.32 Å². The summed E-state index contributed by atoms with van der Waals surface area (Å²) in [7, 11) is 0. The van der Waals surface area contributed by atoms with Gasteiger partial charge in [0.05, 0.1) is 12.1 Å². The van der Waals surface area contributed by atoms with Crippen molar-refractivity contribution in [3.05, 3.63) is 76.5 Å². The number of amides is 1. The Morgan fingerprint density at radius 1 is 1.08 bits per heavy atom. The van der Waals surface area contributed by atoms with Crippen LogP contribution in [0.25, 0.3) is 21.8 Å². The molecule has 2 heterocycles. The Hall–Kier alpha value is -2.66. The van der Waals surface area contributed by atoms with E-state index in [0.29, 0.717) is 12.1 Å². The maximum atomic E-state index is 12.4. The summed E-state index contributed by atoms with van der Waals surface area (Å²) in [6.07, 6.45) is 1.75. The standard InChI is InChI=1S/C19H14BrN3O/c20-15-4-6-18-14(9-15)10-16(23-18)11-22-19(24)13-3-5-17-12(8-13)2-1-7-21-17/h1-10,23H,11H2,(H,22,24). The van der Waals surface area contributed by atoms with Crippen LogP contribution in [0.1, 0.15) is 16.1 Å². The zero-order chi connectivity index (χ0) is 16.5. The van der Waals surface area contributed by atoms with Gasteiger partial charge >= 0.3 is 0 Å². The summed E-state index contributed by atoms with van der Waals surface area (Å²) < 4.78 is 1.04. The SMILES string of the molecule is O=C(NCc1cc2cc(Br)ccc2[nH]1)c1ccc2ncccc2c1. The van der Waals surface area contributed by atoms with Crippen molar-refractivity contribution >= 4 is 43.6 Å². The minimum Gasteiger partial charge on any atom is -0.357 e. The molecular weight excluding hydrogens is 366 g/mol. The van der Waals surface area contributed by atoms with Gasteiger partial charge in [0.2, 0.25) is 0 Å². The highest BCUT2D eigenvalue weighted by molar-refractivity contribution is 9.10. The van der Waals surface area contributed by atoms with E-state index in [-0.39, 0.29) is 5.91 Å². The quantitative estimate of drug-likeness (QED) is 0.553. The average Bonchev–Trinajstić information content (AvgIpc) is 3.01. The Balaban J connectivity index is 1.52. The molecule has 4 nitrogen and oxygen atoms in total. The van der Waals surface area contributed by atoms with Crippen molar-refractivity contribution in [3.8, 4) is 0 Å². The molecule has 2 N–H and O–H groups in total. The third kappa shape index (κ3) is 2.90. The number of hydrogen-bond donors (Lipinski definition) is 2. The minimum atomic E-state index is -0.0967. The van der Waals surface area contributed by atoms with Gasteiger partial charge < -0.3 is 10.3 Å². The fourth-order valence-electron chi connectivity index (χ4n) is 2.75. The van der Waals surface area contributed by atoms with Crippen LogP contribution in [0.2, 0.25) is 0 Å². The number of H-pyrrole nitrogens is 1. The van der Waals surface area contributed by atoms with E-state index in [1.54, 1.807) is 12.3 Å². The van der Waals surface area contributed by atoms with Gasteiger partial charge in [-0.15, -0.1) is 0 Å². The van der Waals surface area contributed by atoms with Gasteiger partial charge in [-0.25, -0.2) is 0 Å². The molecule has 2 aromatic carbocycles. The fourth-order valence-corrected chi connectivity index (χ4v) is 3.13. The molecule has 24 heavy (non-hydrogen) atoms. The summed E-state index contributed by atoms with van der Waals surface area (Å²) in [4.78, 5) is 20.0. The second-order valence-corrected chi connectivity index (χ2v) is 6.54. The first-order valence-corrected chi connectivity index (χ1v) is 8.38. The first-order valence-electron chi connectivity index (χ1n) is 7.59. The van der Waals surface area contributed by atoms with E-state index in [4.69, 9.17) is 0 Å². The number of aromatic nitrogens is 2. The van der Waals surface area contributed by atoms with Crippen molar-refractivity contribution in [2.24, 2.45) is 0 Å². The Morgan fingerprint density at radius 2 is 2.00 bits per heavy atom. The number of nitrogens with zero attached hydrogens (tertiary/aromatic N) is 1. The molecule has 0 radical (unpaired) electrons. The molecule has 0 atom stereocenters. The molecule has 4 rings (SSSR count). The highest BCUT2D eigenvalue weighted by Gasteiger charge is 2.08. The maximum Gasteiger partial charge on any atom is 0.251 e. The summed E-state index contributed by atoms with van der Waals surface area (Å²) >= 11 is 3.47. The molecule has 0 saturated carbocycles. The largest absolute Gasteiger partial charge is 0.357 e. The Bertz CT molecular complexity index is 1050. The Labute approximate surface area is 147 Å². The van der Waals surface area contributed by atoms with Crippen molar-refractivity contribution in [1.29, 1.82) is 0 Å². The van der Waals surface area contributed by atoms with E-state index in [9.17, 15) is 4.79 Å². The van der Waals surface area contributed by atoms with Crippen LogP contribution in [0.5, 0.6) is 0 Å². The van der Waals surface area contributed by atoms with Crippen LogP contribution in [0.15, 0.2) is 65.3 Å². The number of pyridine rings is 1.